The van der Waals surface area contributed by atoms with Crippen molar-refractivity contribution in [2.75, 3.05) is 0 Å². The molecule has 332 valence electrons. The molecule has 0 saturated heterocycles. The SMILES string of the molecule is [2H]C([2H])([2H])c1cc(-c2cc(C([2H])(C)C)cc(C([2H])(C)C)c2)ccc1-n1c(-c2cc(C)cc(C(C)(C)C)c2O)nc2c(-c3cc(-c4cc(-c5ccc(C([2H])(C)C)cc5)ccn4)cc(C(C)(C)C)c3)cccc21. The van der Waals surface area contributed by atoms with Gasteiger partial charge in [0.1, 0.15) is 11.6 Å². The summed E-state index contributed by atoms with van der Waals surface area (Å²) >= 11 is 0. The predicted octanol–water partition coefficient (Wildman–Crippen LogP) is 17.0. The molecule has 4 heteroatoms. The summed E-state index contributed by atoms with van der Waals surface area (Å²) in [4.78, 5) is 10.4. The molecule has 0 bridgehead atoms. The largest absolute Gasteiger partial charge is 0.507 e. The van der Waals surface area contributed by atoms with Gasteiger partial charge < -0.3 is 5.11 Å². The van der Waals surface area contributed by atoms with Crippen LogP contribution >= 0.6 is 0 Å². The smallest absolute Gasteiger partial charge is 0.149 e. The minimum Gasteiger partial charge on any atom is -0.507 e. The van der Waals surface area contributed by atoms with Crippen LogP contribution in [0.15, 0.2) is 128 Å². The molecule has 0 radical (unpaired) electrons. The highest BCUT2D eigenvalue weighted by Crippen LogP contribution is 2.44. The first-order valence-corrected chi connectivity index (χ1v) is 22.7. The van der Waals surface area contributed by atoms with Crippen molar-refractivity contribution in [2.24, 2.45) is 0 Å². The number of aryl methyl sites for hydroxylation is 2. The van der Waals surface area contributed by atoms with Crippen LogP contribution < -0.4 is 0 Å². The highest BCUT2D eigenvalue weighted by molar-refractivity contribution is 5.97. The molecule has 0 unspecified atom stereocenters. The van der Waals surface area contributed by atoms with Gasteiger partial charge in [-0.3, -0.25) is 9.55 Å². The zero-order chi connectivity index (χ0) is 52.0. The highest BCUT2D eigenvalue weighted by Gasteiger charge is 2.27. The molecule has 8 rings (SSSR count). The summed E-state index contributed by atoms with van der Waals surface area (Å²) in [6.07, 6.45) is 1.83. The van der Waals surface area contributed by atoms with Gasteiger partial charge in [-0.05, 0) is 152 Å². The quantitative estimate of drug-likeness (QED) is 0.157. The maximum atomic E-state index is 12.3. The van der Waals surface area contributed by atoms with Gasteiger partial charge >= 0.3 is 0 Å². The maximum Gasteiger partial charge on any atom is 0.149 e. The minimum atomic E-state index is -2.59. The number of hydrogen-bond donors (Lipinski definition) is 1. The van der Waals surface area contributed by atoms with Gasteiger partial charge in [0.05, 0.1) is 28.0 Å². The second-order valence-electron chi connectivity index (χ2n) is 20.5. The fourth-order valence-electron chi connectivity index (χ4n) is 8.69. The van der Waals surface area contributed by atoms with Crippen LogP contribution in [0.4, 0.5) is 0 Å². The van der Waals surface area contributed by atoms with Gasteiger partial charge in [0.2, 0.25) is 0 Å². The van der Waals surface area contributed by atoms with Crippen molar-refractivity contribution in [1.29, 1.82) is 0 Å². The summed E-state index contributed by atoms with van der Waals surface area (Å²) in [6.45, 7) is 23.2. The van der Waals surface area contributed by atoms with Gasteiger partial charge in [0, 0.05) is 31.1 Å². The molecular formula is C61H67N3O. The molecule has 1 N–H and O–H groups in total. The first-order valence-electron chi connectivity index (χ1n) is 25.7. The first-order chi connectivity index (χ1) is 32.8. The molecule has 0 saturated carbocycles. The Labute approximate surface area is 396 Å². The molecular weight excluding hydrogens is 791 g/mol. The second kappa shape index (κ2) is 17.3. The van der Waals surface area contributed by atoms with Crippen molar-refractivity contribution in [1.82, 2.24) is 14.5 Å². The van der Waals surface area contributed by atoms with Gasteiger partial charge in [-0.2, -0.15) is 0 Å². The number of imidazole rings is 1. The Balaban J connectivity index is 1.40. The van der Waals surface area contributed by atoms with Crippen LogP contribution in [0.3, 0.4) is 0 Å². The van der Waals surface area contributed by atoms with Crippen LogP contribution in [0, 0.1) is 13.8 Å². The van der Waals surface area contributed by atoms with E-state index in [1.54, 1.807) is 6.07 Å². The van der Waals surface area contributed by atoms with E-state index in [9.17, 15) is 5.11 Å². The lowest BCUT2D eigenvalue weighted by molar-refractivity contribution is 0.448. The highest BCUT2D eigenvalue weighted by atomic mass is 16.3. The van der Waals surface area contributed by atoms with E-state index in [1.165, 1.54) is 0 Å². The van der Waals surface area contributed by atoms with Crippen molar-refractivity contribution in [3.8, 4) is 67.5 Å². The molecule has 65 heavy (non-hydrogen) atoms. The summed E-state index contributed by atoms with van der Waals surface area (Å²) < 4.78 is 55.5. The number of pyridine rings is 1. The number of nitrogens with zero attached hydrogens (tertiary/aromatic N) is 3. The van der Waals surface area contributed by atoms with Crippen LogP contribution in [-0.2, 0) is 10.8 Å². The zero-order valence-corrected chi connectivity index (χ0v) is 40.4. The molecule has 0 fully saturated rings. The number of aromatic nitrogens is 3. The van der Waals surface area contributed by atoms with Gasteiger partial charge in [0.15, 0.2) is 0 Å². The molecule has 0 amide bonds. The Hall–Kier alpha value is -6.26. The van der Waals surface area contributed by atoms with Crippen LogP contribution in [0.5, 0.6) is 5.75 Å². The number of aromatic hydroxyl groups is 1. The standard InChI is InChI=1S/C61H67N3O/c1-36(2)41-18-20-42(21-19-41)44-24-25-62-54(35-44)49-32-48(33-50(34-49)60(9,10)11)51-16-15-17-56-57(51)63-59(52-26-39(7)27-53(58(52)65)61(12,13)14)64(56)55-23-22-43(28-40(55)8)47-30-45(37(3)4)29-46(31-47)38(5)6/h15-38,65H,1-14H3/i8D3,36D,37D,38D. The fourth-order valence-corrected chi connectivity index (χ4v) is 8.69. The second-order valence-corrected chi connectivity index (χ2v) is 20.5. The summed E-state index contributed by atoms with van der Waals surface area (Å²) in [5.74, 6) is -2.16. The van der Waals surface area contributed by atoms with Gasteiger partial charge in [-0.15, -0.1) is 0 Å². The summed E-state index contributed by atoms with van der Waals surface area (Å²) in [6, 6.07) is 39.9. The Morgan fingerprint density at radius 2 is 1.23 bits per heavy atom. The molecule has 0 atom stereocenters. The lowest BCUT2D eigenvalue weighted by atomic mass is 9.83. The molecule has 4 nitrogen and oxygen atoms in total. The molecule has 0 aliphatic rings. The number of rotatable bonds is 9. The normalized spacial score (nSPS) is 14.4. The van der Waals surface area contributed by atoms with E-state index in [0.29, 0.717) is 33.7 Å². The Kier molecular flexibility index (Phi) is 10.1. The van der Waals surface area contributed by atoms with E-state index in [1.807, 2.05) is 138 Å². The molecule has 8 aromatic rings. The van der Waals surface area contributed by atoms with Crippen LogP contribution in [0.2, 0.25) is 0 Å². The van der Waals surface area contributed by atoms with E-state index in [0.717, 1.165) is 72.5 Å². The molecule has 2 heterocycles. The minimum absolute atomic E-state index is 0.0784. The number of benzene rings is 6. The molecule has 0 aliphatic heterocycles. The van der Waals surface area contributed by atoms with Crippen molar-refractivity contribution in [3.05, 3.63) is 166 Å². The fraction of sp³-hybridized carbons (Fsp3) is 0.311. The topological polar surface area (TPSA) is 50.9 Å². The maximum absolute atomic E-state index is 12.3. The Bertz CT molecular complexity index is 3300. The van der Waals surface area contributed by atoms with Crippen LogP contribution in [0.1, 0.15) is 148 Å². The van der Waals surface area contributed by atoms with Gasteiger partial charge in [-0.1, -0.05) is 156 Å². The number of fused-ring (bicyclic) bond motifs is 1. The van der Waals surface area contributed by atoms with E-state index < -0.39 is 29.9 Å². The number of para-hydroxylation sites is 1. The third-order valence-corrected chi connectivity index (χ3v) is 12.6. The third kappa shape index (κ3) is 9.06. The molecule has 6 aromatic carbocycles. The van der Waals surface area contributed by atoms with Crippen LogP contribution in [-0.4, -0.2) is 19.6 Å². The average molecular weight is 864 g/mol. The van der Waals surface area contributed by atoms with Crippen LogP contribution in [0.25, 0.3) is 72.7 Å². The molecule has 0 spiro atoms. The van der Waals surface area contributed by atoms with E-state index >= 15 is 0 Å². The average Bonchev–Trinajstić information content (AvgIpc) is 3.67. The Morgan fingerprint density at radius 1 is 0.585 bits per heavy atom. The van der Waals surface area contributed by atoms with Crippen molar-refractivity contribution in [3.63, 3.8) is 0 Å². The summed E-state index contributed by atoms with van der Waals surface area (Å²) in [7, 11) is 0. The van der Waals surface area contributed by atoms with Gasteiger partial charge in [0.25, 0.3) is 0 Å². The third-order valence-electron chi connectivity index (χ3n) is 12.6. The lowest BCUT2D eigenvalue weighted by Gasteiger charge is -2.23. The monoisotopic (exact) mass is 864 g/mol. The van der Waals surface area contributed by atoms with Gasteiger partial charge in [-0.25, -0.2) is 4.98 Å². The van der Waals surface area contributed by atoms with E-state index in [2.05, 4.69) is 77.9 Å². The van der Waals surface area contributed by atoms with E-state index in [-0.39, 0.29) is 16.7 Å². The summed E-state index contributed by atoms with van der Waals surface area (Å²) in [5, 5.41) is 12.3. The zero-order valence-electron chi connectivity index (χ0n) is 46.4. The predicted molar refractivity (Wildman–Crippen MR) is 277 cm³/mol. The number of hydrogen-bond acceptors (Lipinski definition) is 3. The first kappa shape index (κ1) is 38.1. The molecule has 0 aliphatic carbocycles. The van der Waals surface area contributed by atoms with Crippen molar-refractivity contribution < 1.29 is 13.3 Å². The molecule has 2 aromatic heterocycles. The van der Waals surface area contributed by atoms with E-state index in [4.69, 9.17) is 18.2 Å². The lowest BCUT2D eigenvalue weighted by Crippen LogP contribution is -2.12. The number of phenols is 1. The van der Waals surface area contributed by atoms with Crippen molar-refractivity contribution >= 4 is 11.0 Å². The number of phenolic OH excluding ortho intramolecular Hbond substituents is 1. The van der Waals surface area contributed by atoms with Crippen molar-refractivity contribution in [2.45, 2.75) is 125 Å². The Morgan fingerprint density at radius 3 is 1.86 bits per heavy atom. The summed E-state index contributed by atoms with van der Waals surface area (Å²) in [5.41, 5.74) is 13.6.